The molecule has 1 unspecified atom stereocenters. The number of carbonyl (C=O) groups is 1. The highest BCUT2D eigenvalue weighted by Gasteiger charge is 2.49. The molecule has 0 saturated carbocycles. The number of nitrogens with one attached hydrogen (secondary N) is 1. The van der Waals surface area contributed by atoms with Gasteiger partial charge in [0.05, 0.1) is 13.2 Å². The molecule has 0 bridgehead atoms. The molecule has 0 aliphatic carbocycles. The molecule has 0 radical (unpaired) electrons. The number of halogens is 1. The molecule has 1 N–H and O–H groups in total. The predicted molar refractivity (Wildman–Crippen MR) is 48.4 cm³/mol. The summed E-state index contributed by atoms with van der Waals surface area (Å²) >= 11 is 5.88. The Hall–Kier alpha value is -0.320. The Morgan fingerprint density at radius 1 is 1.69 bits per heavy atom. The van der Waals surface area contributed by atoms with Gasteiger partial charge in [-0.25, -0.2) is 4.79 Å². The minimum atomic E-state index is -1.50. The highest BCUT2D eigenvalue weighted by Crippen LogP contribution is 2.27. The van der Waals surface area contributed by atoms with E-state index in [0.29, 0.717) is 13.2 Å². The van der Waals surface area contributed by atoms with E-state index < -0.39 is 11.2 Å². The molecule has 0 aromatic carbocycles. The highest BCUT2D eigenvalue weighted by molar-refractivity contribution is 6.32. The molecule has 0 aromatic heterocycles. The quantitative estimate of drug-likeness (QED) is 0.414. The van der Waals surface area contributed by atoms with Gasteiger partial charge in [-0.3, -0.25) is 5.32 Å². The van der Waals surface area contributed by atoms with Crippen LogP contribution in [0.4, 0.5) is 0 Å². The van der Waals surface area contributed by atoms with Crippen molar-refractivity contribution in [2.24, 2.45) is 0 Å². The van der Waals surface area contributed by atoms with Crippen molar-refractivity contribution in [1.82, 2.24) is 5.32 Å². The van der Waals surface area contributed by atoms with Gasteiger partial charge >= 0.3 is 5.97 Å². The summed E-state index contributed by atoms with van der Waals surface area (Å²) in [6.07, 6.45) is 0. The molecule has 4 nitrogen and oxygen atoms in total. The first kappa shape index (κ1) is 10.8. The fourth-order valence-corrected chi connectivity index (χ4v) is 1.49. The fraction of sp³-hybridized carbons (Fsp3) is 0.875. The first-order chi connectivity index (χ1) is 5.90. The van der Waals surface area contributed by atoms with Gasteiger partial charge in [-0.2, -0.15) is 0 Å². The summed E-state index contributed by atoms with van der Waals surface area (Å²) in [4.78, 5) is 11.3. The van der Waals surface area contributed by atoms with Crippen LogP contribution in [0.5, 0.6) is 0 Å². The number of hydrogen-bond donors (Lipinski definition) is 1. The Morgan fingerprint density at radius 3 is 2.69 bits per heavy atom. The molecule has 1 aliphatic heterocycles. The molecular formula is C8H14ClNO3. The minimum Gasteiger partial charge on any atom is -0.462 e. The molecule has 0 aromatic rings. The van der Waals surface area contributed by atoms with Gasteiger partial charge < -0.3 is 9.47 Å². The van der Waals surface area contributed by atoms with E-state index >= 15 is 0 Å². The summed E-state index contributed by atoms with van der Waals surface area (Å²) in [7, 11) is 0. The second-order valence-electron chi connectivity index (χ2n) is 3.61. The van der Waals surface area contributed by atoms with Crippen LogP contribution in [0.15, 0.2) is 0 Å². The number of hydrogen-bond acceptors (Lipinski definition) is 4. The van der Waals surface area contributed by atoms with E-state index in [4.69, 9.17) is 21.1 Å². The van der Waals surface area contributed by atoms with Gasteiger partial charge in [0.15, 0.2) is 0 Å². The number of esters is 1. The van der Waals surface area contributed by atoms with Crippen LogP contribution in [0.2, 0.25) is 0 Å². The van der Waals surface area contributed by atoms with Crippen molar-refractivity contribution >= 4 is 17.6 Å². The average Bonchev–Trinajstić information content (AvgIpc) is 2.28. The number of rotatable bonds is 2. The van der Waals surface area contributed by atoms with Crippen molar-refractivity contribution in [2.75, 3.05) is 13.2 Å². The molecule has 76 valence electrons. The summed E-state index contributed by atoms with van der Waals surface area (Å²) in [5, 5.41) is 1.36. The topological polar surface area (TPSA) is 47.6 Å². The van der Waals surface area contributed by atoms with Crippen LogP contribution in [-0.4, -0.2) is 29.9 Å². The molecular weight excluding hydrogens is 194 g/mol. The van der Waals surface area contributed by atoms with Crippen molar-refractivity contribution in [2.45, 2.75) is 31.5 Å². The Balaban J connectivity index is 2.64. The van der Waals surface area contributed by atoms with E-state index in [1.54, 1.807) is 6.92 Å². The normalized spacial score (nSPS) is 31.7. The molecule has 0 amide bonds. The third-order valence-corrected chi connectivity index (χ3v) is 2.03. The Kier molecular flexibility index (Phi) is 2.85. The Bertz CT molecular complexity index is 219. The summed E-state index contributed by atoms with van der Waals surface area (Å²) in [6, 6.07) is 0. The number of alkyl halides is 1. The third kappa shape index (κ3) is 2.33. The second kappa shape index (κ2) is 3.44. The van der Waals surface area contributed by atoms with Crippen molar-refractivity contribution < 1.29 is 14.3 Å². The molecule has 5 heteroatoms. The van der Waals surface area contributed by atoms with Gasteiger partial charge in [-0.1, -0.05) is 11.6 Å². The van der Waals surface area contributed by atoms with Gasteiger partial charge in [0.2, 0.25) is 0 Å². The zero-order chi connectivity index (χ0) is 10.1. The molecule has 13 heavy (non-hydrogen) atoms. The van der Waals surface area contributed by atoms with E-state index in [2.05, 4.69) is 5.32 Å². The van der Waals surface area contributed by atoms with E-state index in [1.807, 2.05) is 13.8 Å². The van der Waals surface area contributed by atoms with Gasteiger partial charge in [0.25, 0.3) is 5.18 Å². The van der Waals surface area contributed by atoms with Gasteiger partial charge in [-0.05, 0) is 20.8 Å². The van der Waals surface area contributed by atoms with E-state index in [9.17, 15) is 4.79 Å². The van der Waals surface area contributed by atoms with Crippen LogP contribution >= 0.6 is 11.6 Å². The maximum Gasteiger partial charge on any atom is 0.370 e. The van der Waals surface area contributed by atoms with Crippen molar-refractivity contribution in [3.8, 4) is 0 Å². The predicted octanol–water partition coefficient (Wildman–Crippen LogP) is 0.840. The smallest absolute Gasteiger partial charge is 0.370 e. The maximum absolute atomic E-state index is 11.3. The van der Waals surface area contributed by atoms with Crippen LogP contribution in [0.1, 0.15) is 20.8 Å². The van der Waals surface area contributed by atoms with Crippen molar-refractivity contribution in [1.29, 1.82) is 0 Å². The van der Waals surface area contributed by atoms with Crippen LogP contribution in [0, 0.1) is 0 Å². The monoisotopic (exact) mass is 207 g/mol. The molecule has 1 saturated heterocycles. The van der Waals surface area contributed by atoms with E-state index in [0.717, 1.165) is 0 Å². The summed E-state index contributed by atoms with van der Waals surface area (Å²) in [6.45, 7) is 6.19. The fourth-order valence-electron chi connectivity index (χ4n) is 1.12. The van der Waals surface area contributed by atoms with Gasteiger partial charge in [0, 0.05) is 5.54 Å². The van der Waals surface area contributed by atoms with Crippen molar-refractivity contribution in [3.63, 3.8) is 0 Å². The van der Waals surface area contributed by atoms with Gasteiger partial charge in [-0.15, -0.1) is 0 Å². The lowest BCUT2D eigenvalue weighted by Crippen LogP contribution is -2.50. The molecule has 1 atom stereocenters. The summed E-state index contributed by atoms with van der Waals surface area (Å²) < 4.78 is 9.91. The maximum atomic E-state index is 11.3. The van der Waals surface area contributed by atoms with Gasteiger partial charge in [0.1, 0.15) is 0 Å². The van der Waals surface area contributed by atoms with Crippen LogP contribution < -0.4 is 5.32 Å². The lowest BCUT2D eigenvalue weighted by Gasteiger charge is -2.21. The van der Waals surface area contributed by atoms with E-state index in [-0.39, 0.29) is 5.54 Å². The molecule has 1 aliphatic rings. The standard InChI is InChI=1S/C8H14ClNO3/c1-4-12-6(11)8(9)10-7(2,3)5-13-8/h10H,4-5H2,1-3H3. The van der Waals surface area contributed by atoms with E-state index in [1.165, 1.54) is 0 Å². The third-order valence-electron chi connectivity index (χ3n) is 1.67. The zero-order valence-corrected chi connectivity index (χ0v) is 8.77. The molecule has 1 fully saturated rings. The van der Waals surface area contributed by atoms with Crippen LogP contribution in [0.3, 0.4) is 0 Å². The number of carbonyl (C=O) groups excluding carboxylic acids is 1. The Morgan fingerprint density at radius 2 is 2.31 bits per heavy atom. The molecule has 1 rings (SSSR count). The highest BCUT2D eigenvalue weighted by atomic mass is 35.5. The van der Waals surface area contributed by atoms with Crippen LogP contribution in [0.25, 0.3) is 0 Å². The average molecular weight is 208 g/mol. The van der Waals surface area contributed by atoms with Crippen LogP contribution in [-0.2, 0) is 14.3 Å². The largest absolute Gasteiger partial charge is 0.462 e. The molecule has 0 spiro atoms. The SMILES string of the molecule is CCOC(=O)C1(Cl)NC(C)(C)CO1. The second-order valence-corrected chi connectivity index (χ2v) is 4.15. The lowest BCUT2D eigenvalue weighted by atomic mass is 10.1. The first-order valence-electron chi connectivity index (χ1n) is 4.19. The zero-order valence-electron chi connectivity index (χ0n) is 8.02. The summed E-state index contributed by atoms with van der Waals surface area (Å²) in [5.41, 5.74) is -0.297. The summed E-state index contributed by atoms with van der Waals surface area (Å²) in [5.74, 6) is -0.581. The molecule has 1 heterocycles. The lowest BCUT2D eigenvalue weighted by molar-refractivity contribution is -0.159. The minimum absolute atomic E-state index is 0.290. The first-order valence-corrected chi connectivity index (χ1v) is 4.57. The number of ether oxygens (including phenoxy) is 2. The Labute approximate surface area is 82.5 Å². The van der Waals surface area contributed by atoms with Crippen molar-refractivity contribution in [3.05, 3.63) is 0 Å².